The van der Waals surface area contributed by atoms with Crippen molar-refractivity contribution in [2.24, 2.45) is 5.41 Å². The van der Waals surface area contributed by atoms with Crippen molar-refractivity contribution in [1.29, 1.82) is 0 Å². The van der Waals surface area contributed by atoms with Gasteiger partial charge >= 0.3 is 0 Å². The maximum Gasteiger partial charge on any atom is 0.244 e. The number of nitrogens with one attached hydrogen (secondary N) is 1. The Hall–Kier alpha value is -1.73. The van der Waals surface area contributed by atoms with Gasteiger partial charge in [0, 0.05) is 24.7 Å². The molecule has 1 aliphatic heterocycles. The van der Waals surface area contributed by atoms with Crippen LogP contribution in [0.5, 0.6) is 0 Å². The lowest BCUT2D eigenvalue weighted by Crippen LogP contribution is -2.47. The van der Waals surface area contributed by atoms with E-state index >= 15 is 0 Å². The summed E-state index contributed by atoms with van der Waals surface area (Å²) in [7, 11) is -3.59. The smallest absolute Gasteiger partial charge is 0.244 e. The van der Waals surface area contributed by atoms with E-state index in [2.05, 4.69) is 38.2 Å². The molecule has 1 atom stereocenters. The molecule has 1 heterocycles. The Morgan fingerprint density at radius 3 is 2.47 bits per heavy atom. The van der Waals surface area contributed by atoms with Crippen LogP contribution in [0.4, 0.5) is 0 Å². The summed E-state index contributed by atoms with van der Waals surface area (Å²) >= 11 is 0. The van der Waals surface area contributed by atoms with Gasteiger partial charge in [0.25, 0.3) is 0 Å². The second kappa shape index (κ2) is 9.60. The van der Waals surface area contributed by atoms with E-state index in [-0.39, 0.29) is 6.04 Å². The van der Waals surface area contributed by atoms with Gasteiger partial charge in [0.1, 0.15) is 0 Å². The van der Waals surface area contributed by atoms with Crippen molar-refractivity contribution in [3.05, 3.63) is 54.1 Å². The number of ether oxygens (including phenoxy) is 1. The Bertz CT molecular complexity index is 934. The zero-order valence-electron chi connectivity index (χ0n) is 18.5. The van der Waals surface area contributed by atoms with Crippen molar-refractivity contribution in [1.82, 2.24) is 9.62 Å². The Kier molecular flexibility index (Phi) is 7.34. The van der Waals surface area contributed by atoms with E-state index in [4.69, 9.17) is 4.74 Å². The molecule has 5 nitrogen and oxygen atoms in total. The zero-order valence-corrected chi connectivity index (χ0v) is 19.3. The molecule has 2 aromatic rings. The van der Waals surface area contributed by atoms with Gasteiger partial charge in [-0.3, -0.25) is 0 Å². The first kappa shape index (κ1) is 22.9. The molecule has 0 radical (unpaired) electrons. The van der Waals surface area contributed by atoms with Crippen LogP contribution in [0.1, 0.15) is 39.7 Å². The molecule has 0 aliphatic carbocycles. The highest BCUT2D eigenvalue weighted by Crippen LogP contribution is 2.31. The number of nitrogens with zero attached hydrogens (tertiary/aromatic N) is 1. The summed E-state index contributed by atoms with van der Waals surface area (Å²) in [4.78, 5) is 0.356. The third-order valence-electron chi connectivity index (χ3n) is 5.43. The van der Waals surface area contributed by atoms with Crippen LogP contribution in [0.15, 0.2) is 53.4 Å². The van der Waals surface area contributed by atoms with E-state index in [0.29, 0.717) is 30.1 Å². The molecule has 0 aromatic heterocycles. The van der Waals surface area contributed by atoms with E-state index in [1.807, 2.05) is 31.2 Å². The van der Waals surface area contributed by atoms with Crippen molar-refractivity contribution in [2.45, 2.75) is 51.6 Å². The summed E-state index contributed by atoms with van der Waals surface area (Å²) < 4.78 is 33.7. The first-order valence-corrected chi connectivity index (χ1v) is 12.1. The minimum Gasteiger partial charge on any atom is -0.378 e. The quantitative estimate of drug-likeness (QED) is 0.666. The van der Waals surface area contributed by atoms with Crippen LogP contribution in [0.2, 0.25) is 0 Å². The molecule has 3 rings (SSSR count). The molecule has 1 saturated heterocycles. The molecular weight excluding hydrogens is 396 g/mol. The second-order valence-electron chi connectivity index (χ2n) is 9.22. The lowest BCUT2D eigenvalue weighted by molar-refractivity contribution is 0.0393. The fourth-order valence-corrected chi connectivity index (χ4v) is 5.44. The van der Waals surface area contributed by atoms with E-state index in [0.717, 1.165) is 30.6 Å². The summed E-state index contributed by atoms with van der Waals surface area (Å²) in [5, 5.41) is 3.49. The average Bonchev–Trinajstić information content (AvgIpc) is 2.71. The standard InChI is InChI=1S/C24H34N2O3S/c1-19-18-29-16-15-26(19)30(27,28)23-8-6-5-7-22(23)21-11-9-20(10-12-21)17-25-14-13-24(2,3)4/h5-12,19,25H,13-18H2,1-4H3. The van der Waals surface area contributed by atoms with Crippen molar-refractivity contribution >= 4 is 10.0 Å². The second-order valence-corrected chi connectivity index (χ2v) is 11.1. The predicted octanol–water partition coefficient (Wildman–Crippen LogP) is 4.29. The normalized spacial score (nSPS) is 18.5. The molecule has 0 amide bonds. The number of hydrogen-bond donors (Lipinski definition) is 1. The van der Waals surface area contributed by atoms with Crippen molar-refractivity contribution in [3.8, 4) is 11.1 Å². The highest BCUT2D eigenvalue weighted by atomic mass is 32.2. The molecule has 30 heavy (non-hydrogen) atoms. The fraction of sp³-hybridized carbons (Fsp3) is 0.500. The van der Waals surface area contributed by atoms with Crippen molar-refractivity contribution < 1.29 is 13.2 Å². The van der Waals surface area contributed by atoms with E-state index < -0.39 is 10.0 Å². The van der Waals surface area contributed by atoms with Crippen LogP contribution in [-0.4, -0.2) is 45.1 Å². The lowest BCUT2D eigenvalue weighted by Gasteiger charge is -2.32. The van der Waals surface area contributed by atoms with Crippen LogP contribution in [0, 0.1) is 5.41 Å². The third kappa shape index (κ3) is 5.70. The number of hydrogen-bond acceptors (Lipinski definition) is 4. The SMILES string of the molecule is CC1COCCN1S(=O)(=O)c1ccccc1-c1ccc(CNCCC(C)(C)C)cc1. The first-order valence-electron chi connectivity index (χ1n) is 10.7. The summed E-state index contributed by atoms with van der Waals surface area (Å²) in [5.74, 6) is 0. The van der Waals surface area contributed by atoms with Crippen LogP contribution >= 0.6 is 0 Å². The van der Waals surface area contributed by atoms with Crippen molar-refractivity contribution in [3.63, 3.8) is 0 Å². The monoisotopic (exact) mass is 430 g/mol. The summed E-state index contributed by atoms with van der Waals surface area (Å²) in [6, 6.07) is 15.3. The van der Waals surface area contributed by atoms with Crippen LogP contribution in [0.25, 0.3) is 11.1 Å². The molecule has 0 bridgehead atoms. The van der Waals surface area contributed by atoms with Gasteiger partial charge in [-0.2, -0.15) is 4.31 Å². The van der Waals surface area contributed by atoms with Gasteiger partial charge in [0.05, 0.1) is 18.1 Å². The fourth-order valence-electron chi connectivity index (χ4n) is 3.62. The van der Waals surface area contributed by atoms with Gasteiger partial charge in [0.15, 0.2) is 0 Å². The first-order chi connectivity index (χ1) is 14.2. The summed E-state index contributed by atoms with van der Waals surface area (Å²) in [6.45, 7) is 11.6. The van der Waals surface area contributed by atoms with Gasteiger partial charge in [-0.15, -0.1) is 0 Å². The molecule has 0 saturated carbocycles. The van der Waals surface area contributed by atoms with Crippen LogP contribution in [-0.2, 0) is 21.3 Å². The minimum atomic E-state index is -3.59. The molecule has 1 unspecified atom stereocenters. The van der Waals surface area contributed by atoms with Gasteiger partial charge in [-0.25, -0.2) is 8.42 Å². The molecular formula is C24H34N2O3S. The molecule has 2 aromatic carbocycles. The number of morpholine rings is 1. The highest BCUT2D eigenvalue weighted by Gasteiger charge is 2.33. The van der Waals surface area contributed by atoms with E-state index in [1.54, 1.807) is 16.4 Å². The van der Waals surface area contributed by atoms with E-state index in [9.17, 15) is 8.42 Å². The topological polar surface area (TPSA) is 58.6 Å². The summed E-state index contributed by atoms with van der Waals surface area (Å²) in [6.07, 6.45) is 1.12. The number of benzene rings is 2. The molecule has 6 heteroatoms. The molecule has 1 N–H and O–H groups in total. The predicted molar refractivity (Wildman–Crippen MR) is 122 cm³/mol. The largest absolute Gasteiger partial charge is 0.378 e. The minimum absolute atomic E-state index is 0.168. The van der Waals surface area contributed by atoms with Gasteiger partial charge < -0.3 is 10.1 Å². The van der Waals surface area contributed by atoms with Crippen LogP contribution < -0.4 is 5.32 Å². The lowest BCUT2D eigenvalue weighted by atomic mass is 9.92. The van der Waals surface area contributed by atoms with Gasteiger partial charge in [0.2, 0.25) is 10.0 Å². The van der Waals surface area contributed by atoms with Gasteiger partial charge in [-0.1, -0.05) is 63.2 Å². The highest BCUT2D eigenvalue weighted by molar-refractivity contribution is 7.89. The van der Waals surface area contributed by atoms with E-state index in [1.165, 1.54) is 5.56 Å². The zero-order chi connectivity index (χ0) is 21.8. The van der Waals surface area contributed by atoms with Crippen molar-refractivity contribution in [2.75, 3.05) is 26.3 Å². The average molecular weight is 431 g/mol. The Morgan fingerprint density at radius 1 is 1.10 bits per heavy atom. The number of rotatable bonds is 7. The molecule has 164 valence electrons. The Balaban J connectivity index is 1.77. The maximum atomic E-state index is 13.4. The maximum absolute atomic E-state index is 13.4. The van der Waals surface area contributed by atoms with Gasteiger partial charge in [-0.05, 0) is 42.5 Å². The van der Waals surface area contributed by atoms with Crippen LogP contribution in [0.3, 0.4) is 0 Å². The molecule has 1 fully saturated rings. The molecule has 0 spiro atoms. The third-order valence-corrected chi connectivity index (χ3v) is 7.50. The Labute approximate surface area is 181 Å². The summed E-state index contributed by atoms with van der Waals surface area (Å²) in [5.41, 5.74) is 3.16. The Morgan fingerprint density at radius 2 is 1.80 bits per heavy atom. The number of sulfonamides is 1. The molecule has 1 aliphatic rings.